The molecule has 0 aliphatic heterocycles. The quantitative estimate of drug-likeness (QED) is 0.889. The highest BCUT2D eigenvalue weighted by molar-refractivity contribution is 9.10. The van der Waals surface area contributed by atoms with Gasteiger partial charge in [-0.2, -0.15) is 0 Å². The van der Waals surface area contributed by atoms with Crippen molar-refractivity contribution in [3.63, 3.8) is 0 Å². The maximum atomic E-state index is 6.06. The van der Waals surface area contributed by atoms with Gasteiger partial charge in [0.1, 0.15) is 5.75 Å². The second kappa shape index (κ2) is 6.42. The van der Waals surface area contributed by atoms with Crippen LogP contribution in [0.4, 0.5) is 0 Å². The largest absolute Gasteiger partial charge is 0.495 e. The normalized spacial score (nSPS) is 12.2. The van der Waals surface area contributed by atoms with Gasteiger partial charge in [-0.3, -0.25) is 0 Å². The molecule has 0 saturated carbocycles. The Bertz CT molecular complexity index is 574. The van der Waals surface area contributed by atoms with Crippen LogP contribution < -0.4 is 10.1 Å². The zero-order valence-corrected chi connectivity index (χ0v) is 13.1. The van der Waals surface area contributed by atoms with E-state index < -0.39 is 0 Å². The van der Waals surface area contributed by atoms with Gasteiger partial charge in [0.25, 0.3) is 0 Å². The van der Waals surface area contributed by atoms with Crippen LogP contribution in [0.1, 0.15) is 17.2 Å². The highest BCUT2D eigenvalue weighted by atomic mass is 79.9. The average Bonchev–Trinajstić information content (AvgIpc) is 2.41. The predicted molar refractivity (Wildman–Crippen MR) is 83.0 cm³/mol. The summed E-state index contributed by atoms with van der Waals surface area (Å²) in [5.74, 6) is 0.689. The summed E-state index contributed by atoms with van der Waals surface area (Å²) in [5.41, 5.74) is 2.29. The number of ether oxygens (including phenoxy) is 1. The summed E-state index contributed by atoms with van der Waals surface area (Å²) in [5, 5.41) is 3.93. The fourth-order valence-corrected chi connectivity index (χ4v) is 2.68. The molecule has 0 spiro atoms. The van der Waals surface area contributed by atoms with Crippen LogP contribution in [0.15, 0.2) is 46.9 Å². The number of halogens is 2. The highest BCUT2D eigenvalue weighted by Crippen LogP contribution is 2.31. The zero-order chi connectivity index (χ0) is 13.8. The van der Waals surface area contributed by atoms with Crippen LogP contribution in [0.3, 0.4) is 0 Å². The van der Waals surface area contributed by atoms with Crippen molar-refractivity contribution in [1.82, 2.24) is 5.32 Å². The topological polar surface area (TPSA) is 21.3 Å². The minimum Gasteiger partial charge on any atom is -0.495 e. The molecule has 0 aromatic heterocycles. The van der Waals surface area contributed by atoms with Gasteiger partial charge in [0.05, 0.1) is 18.2 Å². The summed E-state index contributed by atoms with van der Waals surface area (Å²) in [6, 6.07) is 14.2. The summed E-state index contributed by atoms with van der Waals surface area (Å²) in [6.45, 7) is 0. The molecule has 2 aromatic rings. The van der Waals surface area contributed by atoms with E-state index in [4.69, 9.17) is 16.3 Å². The first kappa shape index (κ1) is 14.4. The van der Waals surface area contributed by atoms with Crippen LogP contribution >= 0.6 is 27.5 Å². The molecule has 1 N–H and O–H groups in total. The molecule has 2 rings (SSSR count). The van der Waals surface area contributed by atoms with Crippen molar-refractivity contribution in [1.29, 1.82) is 0 Å². The molecule has 100 valence electrons. The van der Waals surface area contributed by atoms with Gasteiger partial charge in [0.15, 0.2) is 0 Å². The minimum absolute atomic E-state index is 0.101. The Balaban J connectivity index is 2.42. The standard InChI is InChI=1S/C15H15BrClNO/c1-18-15(10-4-3-5-12(16)8-10)11-6-7-13(17)14(9-11)19-2/h3-9,15,18H,1-2H3. The van der Waals surface area contributed by atoms with E-state index in [1.165, 1.54) is 5.56 Å². The number of hydrogen-bond acceptors (Lipinski definition) is 2. The van der Waals surface area contributed by atoms with E-state index in [1.54, 1.807) is 7.11 Å². The monoisotopic (exact) mass is 339 g/mol. The third-order valence-corrected chi connectivity index (χ3v) is 3.78. The zero-order valence-electron chi connectivity index (χ0n) is 10.8. The molecule has 2 nitrogen and oxygen atoms in total. The van der Waals surface area contributed by atoms with Crippen molar-refractivity contribution in [2.45, 2.75) is 6.04 Å². The lowest BCUT2D eigenvalue weighted by Crippen LogP contribution is -2.17. The predicted octanol–water partition coefficient (Wildman–Crippen LogP) is 4.42. The van der Waals surface area contributed by atoms with Crippen LogP contribution in [0.5, 0.6) is 5.75 Å². The molecule has 0 aliphatic carbocycles. The summed E-state index contributed by atoms with van der Waals surface area (Å²) in [7, 11) is 3.56. The van der Waals surface area contributed by atoms with Crippen LogP contribution in [-0.2, 0) is 0 Å². The molecule has 19 heavy (non-hydrogen) atoms. The summed E-state index contributed by atoms with van der Waals surface area (Å²) in [6.07, 6.45) is 0. The van der Waals surface area contributed by atoms with Gasteiger partial charge in [-0.05, 0) is 42.4 Å². The van der Waals surface area contributed by atoms with Crippen molar-refractivity contribution in [3.05, 3.63) is 63.1 Å². The van der Waals surface area contributed by atoms with E-state index in [-0.39, 0.29) is 6.04 Å². The molecule has 0 saturated heterocycles. The maximum absolute atomic E-state index is 6.06. The second-order valence-electron chi connectivity index (χ2n) is 4.17. The Morgan fingerprint density at radius 1 is 1.16 bits per heavy atom. The van der Waals surface area contributed by atoms with Crippen molar-refractivity contribution in [2.24, 2.45) is 0 Å². The second-order valence-corrected chi connectivity index (χ2v) is 5.49. The van der Waals surface area contributed by atoms with E-state index in [0.29, 0.717) is 10.8 Å². The Morgan fingerprint density at radius 2 is 1.89 bits per heavy atom. The fraction of sp³-hybridized carbons (Fsp3) is 0.200. The first-order valence-electron chi connectivity index (χ1n) is 5.92. The van der Waals surface area contributed by atoms with Crippen molar-refractivity contribution >= 4 is 27.5 Å². The lowest BCUT2D eigenvalue weighted by molar-refractivity contribution is 0.414. The first-order valence-corrected chi connectivity index (χ1v) is 7.09. The molecule has 1 unspecified atom stereocenters. The van der Waals surface area contributed by atoms with Gasteiger partial charge in [-0.15, -0.1) is 0 Å². The number of hydrogen-bond donors (Lipinski definition) is 1. The SMILES string of the molecule is CNC(c1cccc(Br)c1)c1ccc(Cl)c(OC)c1. The number of rotatable bonds is 4. The van der Waals surface area contributed by atoms with Gasteiger partial charge >= 0.3 is 0 Å². The molecule has 0 radical (unpaired) electrons. The van der Waals surface area contributed by atoms with Gasteiger partial charge in [-0.1, -0.05) is 45.7 Å². The van der Waals surface area contributed by atoms with E-state index in [1.807, 2.05) is 37.4 Å². The van der Waals surface area contributed by atoms with E-state index in [9.17, 15) is 0 Å². The number of methoxy groups -OCH3 is 1. The molecule has 2 aromatic carbocycles. The Hall–Kier alpha value is -1.03. The lowest BCUT2D eigenvalue weighted by atomic mass is 9.99. The van der Waals surface area contributed by atoms with Crippen molar-refractivity contribution < 1.29 is 4.74 Å². The molecule has 0 aliphatic rings. The van der Waals surface area contributed by atoms with Crippen LogP contribution in [0, 0.1) is 0 Å². The smallest absolute Gasteiger partial charge is 0.137 e. The molecule has 0 heterocycles. The van der Waals surface area contributed by atoms with Gasteiger partial charge in [0, 0.05) is 4.47 Å². The van der Waals surface area contributed by atoms with E-state index in [2.05, 4.69) is 33.4 Å². The van der Waals surface area contributed by atoms with Gasteiger partial charge in [-0.25, -0.2) is 0 Å². The molecule has 0 amide bonds. The van der Waals surface area contributed by atoms with Crippen molar-refractivity contribution in [3.8, 4) is 5.75 Å². The van der Waals surface area contributed by atoms with Gasteiger partial charge < -0.3 is 10.1 Å². The minimum atomic E-state index is 0.101. The Labute approximate surface area is 126 Å². The highest BCUT2D eigenvalue weighted by Gasteiger charge is 2.14. The summed E-state index contributed by atoms with van der Waals surface area (Å²) in [4.78, 5) is 0. The number of benzene rings is 2. The fourth-order valence-electron chi connectivity index (χ4n) is 2.07. The van der Waals surface area contributed by atoms with E-state index in [0.717, 1.165) is 10.0 Å². The number of nitrogens with one attached hydrogen (secondary N) is 1. The lowest BCUT2D eigenvalue weighted by Gasteiger charge is -2.18. The molecule has 0 fully saturated rings. The van der Waals surface area contributed by atoms with Crippen molar-refractivity contribution in [2.75, 3.05) is 14.2 Å². The molecule has 1 atom stereocenters. The third kappa shape index (κ3) is 3.30. The van der Waals surface area contributed by atoms with Crippen LogP contribution in [0.25, 0.3) is 0 Å². The van der Waals surface area contributed by atoms with Gasteiger partial charge in [0.2, 0.25) is 0 Å². The van der Waals surface area contributed by atoms with Crippen LogP contribution in [-0.4, -0.2) is 14.2 Å². The summed E-state index contributed by atoms with van der Waals surface area (Å²) >= 11 is 9.56. The first-order chi connectivity index (χ1) is 9.15. The third-order valence-electron chi connectivity index (χ3n) is 2.98. The van der Waals surface area contributed by atoms with E-state index >= 15 is 0 Å². The summed E-state index contributed by atoms with van der Waals surface area (Å²) < 4.78 is 6.33. The Morgan fingerprint density at radius 3 is 2.53 bits per heavy atom. The average molecular weight is 341 g/mol. The molecular weight excluding hydrogens is 326 g/mol. The van der Waals surface area contributed by atoms with Crippen LogP contribution in [0.2, 0.25) is 5.02 Å². The molecule has 0 bridgehead atoms. The Kier molecular flexibility index (Phi) is 4.86. The molecular formula is C15H15BrClNO. The maximum Gasteiger partial charge on any atom is 0.137 e. The molecule has 4 heteroatoms.